The molecule has 0 spiro atoms. The van der Waals surface area contributed by atoms with Gasteiger partial charge in [-0.05, 0) is 43.3 Å². The Balaban J connectivity index is 2.21. The molecule has 0 saturated carbocycles. The van der Waals surface area contributed by atoms with E-state index in [4.69, 9.17) is 0 Å². The van der Waals surface area contributed by atoms with E-state index in [0.29, 0.717) is 5.69 Å². The first-order valence-electron chi connectivity index (χ1n) is 5.53. The fraction of sp³-hybridized carbons (Fsp3) is 0.143. The Morgan fingerprint density at radius 1 is 0.944 bits per heavy atom. The van der Waals surface area contributed by atoms with E-state index >= 15 is 0 Å². The second kappa shape index (κ2) is 5.12. The van der Waals surface area contributed by atoms with Crippen LogP contribution in [0.3, 0.4) is 0 Å². The lowest BCUT2D eigenvalue weighted by Gasteiger charge is -2.16. The number of halogens is 3. The predicted molar refractivity (Wildman–Crippen MR) is 64.8 cm³/mol. The second-order valence-electron chi connectivity index (χ2n) is 4.04. The highest BCUT2D eigenvalue weighted by Crippen LogP contribution is 2.22. The first-order chi connectivity index (χ1) is 8.56. The summed E-state index contributed by atoms with van der Waals surface area (Å²) >= 11 is 0. The van der Waals surface area contributed by atoms with Gasteiger partial charge in [-0.25, -0.2) is 13.2 Å². The largest absolute Gasteiger partial charge is 0.378 e. The summed E-state index contributed by atoms with van der Waals surface area (Å²) in [6.45, 7) is 1.68. The van der Waals surface area contributed by atoms with E-state index in [1.165, 1.54) is 12.1 Å². The number of rotatable bonds is 3. The highest BCUT2D eigenvalue weighted by Gasteiger charge is 2.12. The minimum atomic E-state index is -0.501. The van der Waals surface area contributed by atoms with Gasteiger partial charge >= 0.3 is 0 Å². The molecule has 0 aromatic heterocycles. The Labute approximate surface area is 103 Å². The van der Waals surface area contributed by atoms with Crippen molar-refractivity contribution >= 4 is 5.69 Å². The van der Waals surface area contributed by atoms with E-state index in [9.17, 15) is 13.2 Å². The molecule has 2 aromatic carbocycles. The van der Waals surface area contributed by atoms with Crippen molar-refractivity contribution in [1.29, 1.82) is 0 Å². The summed E-state index contributed by atoms with van der Waals surface area (Å²) in [6.07, 6.45) is 0. The van der Waals surface area contributed by atoms with E-state index in [2.05, 4.69) is 5.32 Å². The molecule has 1 nitrogen and oxygen atoms in total. The maximum Gasteiger partial charge on any atom is 0.128 e. The molecule has 18 heavy (non-hydrogen) atoms. The van der Waals surface area contributed by atoms with Gasteiger partial charge in [-0.15, -0.1) is 0 Å². The van der Waals surface area contributed by atoms with Crippen LogP contribution in [0.25, 0.3) is 0 Å². The average molecular weight is 251 g/mol. The predicted octanol–water partition coefficient (Wildman–Crippen LogP) is 4.28. The molecule has 4 heteroatoms. The summed E-state index contributed by atoms with van der Waals surface area (Å²) in [5, 5.41) is 2.92. The van der Waals surface area contributed by atoms with Gasteiger partial charge in [0.25, 0.3) is 0 Å². The summed E-state index contributed by atoms with van der Waals surface area (Å²) in [5.41, 5.74) is 0.727. The van der Waals surface area contributed by atoms with Crippen LogP contribution in [-0.4, -0.2) is 0 Å². The van der Waals surface area contributed by atoms with Crippen LogP contribution < -0.4 is 5.32 Å². The van der Waals surface area contributed by atoms with Crippen molar-refractivity contribution in [3.63, 3.8) is 0 Å². The Morgan fingerprint density at radius 3 is 2.39 bits per heavy atom. The number of hydrogen-bond acceptors (Lipinski definition) is 1. The molecule has 0 amide bonds. The third-order valence-corrected chi connectivity index (χ3v) is 2.63. The molecular formula is C14H12F3N. The van der Waals surface area contributed by atoms with Gasteiger partial charge in [0.15, 0.2) is 0 Å². The molecule has 0 saturated heterocycles. The molecule has 0 heterocycles. The maximum atomic E-state index is 13.5. The van der Waals surface area contributed by atoms with Gasteiger partial charge < -0.3 is 5.32 Å². The van der Waals surface area contributed by atoms with E-state index in [-0.39, 0.29) is 11.4 Å². The zero-order valence-corrected chi connectivity index (χ0v) is 9.75. The first kappa shape index (κ1) is 12.5. The molecule has 0 aliphatic carbocycles. The van der Waals surface area contributed by atoms with E-state index < -0.39 is 17.7 Å². The fourth-order valence-corrected chi connectivity index (χ4v) is 1.75. The second-order valence-corrected chi connectivity index (χ2v) is 4.04. The lowest BCUT2D eigenvalue weighted by atomic mass is 10.1. The summed E-state index contributed by atoms with van der Waals surface area (Å²) < 4.78 is 39.6. The summed E-state index contributed by atoms with van der Waals surface area (Å²) in [4.78, 5) is 0. The molecule has 0 aliphatic rings. The molecule has 94 valence electrons. The lowest BCUT2D eigenvalue weighted by molar-refractivity contribution is 0.577. The standard InChI is InChI=1S/C14H12F3N/c1-9(13-8-11(16)5-6-14(13)17)18-12-4-2-3-10(15)7-12/h2-9,18H,1H3. The van der Waals surface area contributed by atoms with Crippen LogP contribution >= 0.6 is 0 Å². The van der Waals surface area contributed by atoms with Crippen molar-refractivity contribution < 1.29 is 13.2 Å². The zero-order valence-electron chi connectivity index (χ0n) is 9.75. The van der Waals surface area contributed by atoms with Crippen molar-refractivity contribution in [3.05, 3.63) is 65.5 Å². The van der Waals surface area contributed by atoms with Crippen LogP contribution in [0.2, 0.25) is 0 Å². The molecule has 1 atom stereocenters. The average Bonchev–Trinajstić information content (AvgIpc) is 2.32. The molecule has 0 bridgehead atoms. The quantitative estimate of drug-likeness (QED) is 0.858. The first-order valence-corrected chi connectivity index (χ1v) is 5.53. The van der Waals surface area contributed by atoms with E-state index in [1.807, 2.05) is 0 Å². The number of benzene rings is 2. The Bertz CT molecular complexity index is 554. The van der Waals surface area contributed by atoms with Gasteiger partial charge in [0, 0.05) is 11.3 Å². The maximum absolute atomic E-state index is 13.5. The topological polar surface area (TPSA) is 12.0 Å². The van der Waals surface area contributed by atoms with Crippen LogP contribution in [0.15, 0.2) is 42.5 Å². The zero-order chi connectivity index (χ0) is 13.1. The highest BCUT2D eigenvalue weighted by molar-refractivity contribution is 5.45. The van der Waals surface area contributed by atoms with Gasteiger partial charge in [0.2, 0.25) is 0 Å². The third kappa shape index (κ3) is 2.83. The smallest absolute Gasteiger partial charge is 0.128 e. The van der Waals surface area contributed by atoms with Crippen molar-refractivity contribution in [1.82, 2.24) is 0 Å². The number of hydrogen-bond donors (Lipinski definition) is 1. The van der Waals surface area contributed by atoms with Gasteiger partial charge in [-0.2, -0.15) is 0 Å². The highest BCUT2D eigenvalue weighted by atomic mass is 19.1. The number of anilines is 1. The molecule has 0 radical (unpaired) electrons. The summed E-state index contributed by atoms with van der Waals surface area (Å²) in [7, 11) is 0. The van der Waals surface area contributed by atoms with Crippen molar-refractivity contribution in [2.75, 3.05) is 5.32 Å². The van der Waals surface area contributed by atoms with Crippen LogP contribution in [0.1, 0.15) is 18.5 Å². The SMILES string of the molecule is CC(Nc1cccc(F)c1)c1cc(F)ccc1F. The molecule has 1 unspecified atom stereocenters. The van der Waals surface area contributed by atoms with Gasteiger partial charge in [-0.3, -0.25) is 0 Å². The monoisotopic (exact) mass is 251 g/mol. The Kier molecular flexibility index (Phi) is 3.55. The van der Waals surface area contributed by atoms with Crippen LogP contribution in [0, 0.1) is 17.5 Å². The summed E-state index contributed by atoms with van der Waals surface area (Å²) in [5.74, 6) is -1.38. The molecule has 2 aromatic rings. The van der Waals surface area contributed by atoms with Crippen LogP contribution in [0.5, 0.6) is 0 Å². The fourth-order valence-electron chi connectivity index (χ4n) is 1.75. The molecule has 0 fully saturated rings. The molecule has 1 N–H and O–H groups in total. The van der Waals surface area contributed by atoms with Gasteiger partial charge in [-0.1, -0.05) is 6.07 Å². The van der Waals surface area contributed by atoms with Gasteiger partial charge in [0.05, 0.1) is 6.04 Å². The minimum Gasteiger partial charge on any atom is -0.378 e. The van der Waals surface area contributed by atoms with Gasteiger partial charge in [0.1, 0.15) is 17.5 Å². The van der Waals surface area contributed by atoms with E-state index in [1.54, 1.807) is 19.1 Å². The molecule has 2 rings (SSSR count). The molecular weight excluding hydrogens is 239 g/mol. The van der Waals surface area contributed by atoms with Crippen molar-refractivity contribution in [2.45, 2.75) is 13.0 Å². The normalized spacial score (nSPS) is 12.2. The lowest BCUT2D eigenvalue weighted by Crippen LogP contribution is -2.09. The minimum absolute atomic E-state index is 0.208. The van der Waals surface area contributed by atoms with Crippen molar-refractivity contribution in [3.8, 4) is 0 Å². The Morgan fingerprint density at radius 2 is 1.67 bits per heavy atom. The van der Waals surface area contributed by atoms with E-state index in [0.717, 1.165) is 18.2 Å². The third-order valence-electron chi connectivity index (χ3n) is 2.63. The van der Waals surface area contributed by atoms with Crippen LogP contribution in [-0.2, 0) is 0 Å². The number of nitrogens with one attached hydrogen (secondary N) is 1. The molecule has 0 aliphatic heterocycles. The van der Waals surface area contributed by atoms with Crippen molar-refractivity contribution in [2.24, 2.45) is 0 Å². The Hall–Kier alpha value is -1.97. The van der Waals surface area contributed by atoms with Crippen LogP contribution in [0.4, 0.5) is 18.9 Å². The summed E-state index contributed by atoms with van der Waals surface area (Å²) in [6, 6.07) is 8.65.